The van der Waals surface area contributed by atoms with Gasteiger partial charge in [-0.1, -0.05) is 12.1 Å². The highest BCUT2D eigenvalue weighted by Crippen LogP contribution is 2.27. The largest absolute Gasteiger partial charge is 0.478 e. The molecule has 0 saturated heterocycles. The zero-order valence-corrected chi connectivity index (χ0v) is 18.0. The first-order chi connectivity index (χ1) is 13.0. The molecule has 2 rings (SSSR count). The van der Waals surface area contributed by atoms with Crippen LogP contribution in [0.2, 0.25) is 0 Å². The molecule has 1 heterocycles. The standard InChI is InChI=1S/C21H29NO5S/c1-16-19(10-11-20(22-16)25-12-7-13-28(5,23)24)27-18-9-6-8-17(14-18)15-26-21(2,3)4/h6,8-11,14H,7,12-13,15H2,1-5H3. The molecule has 0 atom stereocenters. The molecule has 0 spiro atoms. The number of nitrogens with zero attached hydrogens (tertiary/aromatic N) is 1. The molecule has 154 valence electrons. The summed E-state index contributed by atoms with van der Waals surface area (Å²) in [6, 6.07) is 11.3. The van der Waals surface area contributed by atoms with Crippen molar-refractivity contribution in [3.8, 4) is 17.4 Å². The fourth-order valence-electron chi connectivity index (χ4n) is 2.34. The molecule has 0 aliphatic rings. The zero-order chi connectivity index (χ0) is 20.8. The van der Waals surface area contributed by atoms with Crippen LogP contribution in [0.1, 0.15) is 38.4 Å². The molecule has 0 amide bonds. The fourth-order valence-corrected chi connectivity index (χ4v) is 2.98. The van der Waals surface area contributed by atoms with E-state index in [-0.39, 0.29) is 11.4 Å². The number of sulfone groups is 1. The van der Waals surface area contributed by atoms with Crippen LogP contribution in [0.15, 0.2) is 36.4 Å². The Kier molecular flexibility index (Phi) is 7.43. The molecule has 0 bridgehead atoms. The Labute approximate surface area is 167 Å². The van der Waals surface area contributed by atoms with Gasteiger partial charge in [-0.3, -0.25) is 0 Å². The van der Waals surface area contributed by atoms with Crippen LogP contribution in [-0.2, 0) is 21.2 Å². The van der Waals surface area contributed by atoms with Gasteiger partial charge in [-0.05, 0) is 57.9 Å². The van der Waals surface area contributed by atoms with E-state index in [4.69, 9.17) is 14.2 Å². The van der Waals surface area contributed by atoms with Gasteiger partial charge in [0, 0.05) is 12.3 Å². The minimum Gasteiger partial charge on any atom is -0.478 e. The quantitative estimate of drug-likeness (QED) is 0.577. The van der Waals surface area contributed by atoms with Gasteiger partial charge in [0.25, 0.3) is 0 Å². The summed E-state index contributed by atoms with van der Waals surface area (Å²) in [5, 5.41) is 0. The second-order valence-corrected chi connectivity index (χ2v) is 9.98. The summed E-state index contributed by atoms with van der Waals surface area (Å²) >= 11 is 0. The second-order valence-electron chi connectivity index (χ2n) is 7.72. The van der Waals surface area contributed by atoms with E-state index in [1.807, 2.05) is 52.0 Å². The predicted octanol–water partition coefficient (Wildman–Crippen LogP) is 4.31. The van der Waals surface area contributed by atoms with Gasteiger partial charge in [0.05, 0.1) is 30.3 Å². The minimum absolute atomic E-state index is 0.0996. The second kappa shape index (κ2) is 9.39. The zero-order valence-electron chi connectivity index (χ0n) is 17.2. The molecule has 0 N–H and O–H groups in total. The first kappa shape index (κ1) is 22.2. The summed E-state index contributed by atoms with van der Waals surface area (Å²) in [4.78, 5) is 4.37. The van der Waals surface area contributed by atoms with E-state index in [1.165, 1.54) is 6.26 Å². The van der Waals surface area contributed by atoms with Crippen molar-refractivity contribution in [2.24, 2.45) is 0 Å². The molecule has 0 saturated carbocycles. The Morgan fingerprint density at radius 2 is 1.86 bits per heavy atom. The SMILES string of the molecule is Cc1nc(OCCCS(C)(=O)=O)ccc1Oc1cccc(COC(C)(C)C)c1. The highest BCUT2D eigenvalue weighted by atomic mass is 32.2. The number of rotatable bonds is 9. The van der Waals surface area contributed by atoms with Gasteiger partial charge < -0.3 is 14.2 Å². The summed E-state index contributed by atoms with van der Waals surface area (Å²) in [7, 11) is -2.97. The van der Waals surface area contributed by atoms with Gasteiger partial charge in [0.1, 0.15) is 21.3 Å². The molecule has 2 aromatic rings. The number of aryl methyl sites for hydroxylation is 1. The molecule has 0 aliphatic carbocycles. The maximum absolute atomic E-state index is 11.1. The van der Waals surface area contributed by atoms with Crippen LogP contribution in [-0.4, -0.2) is 37.6 Å². The number of ether oxygens (including phenoxy) is 3. The summed E-state index contributed by atoms with van der Waals surface area (Å²) in [6.45, 7) is 8.71. The van der Waals surface area contributed by atoms with Crippen molar-refractivity contribution in [1.29, 1.82) is 0 Å². The first-order valence-electron chi connectivity index (χ1n) is 9.21. The van der Waals surface area contributed by atoms with Crippen LogP contribution in [0.25, 0.3) is 0 Å². The average Bonchev–Trinajstić information content (AvgIpc) is 2.58. The van der Waals surface area contributed by atoms with E-state index in [0.717, 1.165) is 5.56 Å². The van der Waals surface area contributed by atoms with E-state index in [9.17, 15) is 8.42 Å². The molecular formula is C21H29NO5S. The summed E-state index contributed by atoms with van der Waals surface area (Å²) < 4.78 is 39.5. The molecule has 6 nitrogen and oxygen atoms in total. The first-order valence-corrected chi connectivity index (χ1v) is 11.3. The van der Waals surface area contributed by atoms with Crippen LogP contribution in [0, 0.1) is 6.92 Å². The lowest BCUT2D eigenvalue weighted by Crippen LogP contribution is -2.18. The lowest BCUT2D eigenvalue weighted by Gasteiger charge is -2.19. The van der Waals surface area contributed by atoms with Crippen LogP contribution < -0.4 is 9.47 Å². The Balaban J connectivity index is 1.95. The number of benzene rings is 1. The van der Waals surface area contributed by atoms with Crippen molar-refractivity contribution in [2.45, 2.75) is 46.3 Å². The number of pyridine rings is 1. The summed E-state index contributed by atoms with van der Waals surface area (Å²) in [6.07, 6.45) is 1.65. The third-order valence-electron chi connectivity index (χ3n) is 3.72. The van der Waals surface area contributed by atoms with Gasteiger partial charge in [0.2, 0.25) is 5.88 Å². The molecule has 0 unspecified atom stereocenters. The Morgan fingerprint density at radius 3 is 2.50 bits per heavy atom. The van der Waals surface area contributed by atoms with E-state index in [2.05, 4.69) is 4.98 Å². The van der Waals surface area contributed by atoms with E-state index < -0.39 is 9.84 Å². The monoisotopic (exact) mass is 407 g/mol. The lowest BCUT2D eigenvalue weighted by atomic mass is 10.2. The van der Waals surface area contributed by atoms with Gasteiger partial charge in [-0.15, -0.1) is 0 Å². The minimum atomic E-state index is -2.97. The highest BCUT2D eigenvalue weighted by molar-refractivity contribution is 7.90. The van der Waals surface area contributed by atoms with Crippen LogP contribution in [0.3, 0.4) is 0 Å². The van der Waals surface area contributed by atoms with Crippen molar-refractivity contribution in [3.05, 3.63) is 47.7 Å². The number of hydrogen-bond acceptors (Lipinski definition) is 6. The topological polar surface area (TPSA) is 74.7 Å². The van der Waals surface area contributed by atoms with Crippen molar-refractivity contribution >= 4 is 9.84 Å². The van der Waals surface area contributed by atoms with Crippen molar-refractivity contribution in [1.82, 2.24) is 4.98 Å². The van der Waals surface area contributed by atoms with Gasteiger partial charge >= 0.3 is 0 Å². The molecular weight excluding hydrogens is 378 g/mol. The molecule has 28 heavy (non-hydrogen) atoms. The van der Waals surface area contributed by atoms with Crippen molar-refractivity contribution in [3.63, 3.8) is 0 Å². The lowest BCUT2D eigenvalue weighted by molar-refractivity contribution is -0.0150. The molecule has 1 aromatic heterocycles. The molecule has 1 aromatic carbocycles. The average molecular weight is 408 g/mol. The summed E-state index contributed by atoms with van der Waals surface area (Å²) in [5.74, 6) is 1.90. The maximum Gasteiger partial charge on any atom is 0.213 e. The van der Waals surface area contributed by atoms with Gasteiger partial charge in [-0.25, -0.2) is 13.4 Å². The third-order valence-corrected chi connectivity index (χ3v) is 4.75. The predicted molar refractivity (Wildman–Crippen MR) is 110 cm³/mol. The van der Waals surface area contributed by atoms with E-state index in [1.54, 1.807) is 12.1 Å². The van der Waals surface area contributed by atoms with Crippen LogP contribution in [0.5, 0.6) is 17.4 Å². The molecule has 7 heteroatoms. The van der Waals surface area contributed by atoms with Gasteiger partial charge in [-0.2, -0.15) is 0 Å². The van der Waals surface area contributed by atoms with Crippen molar-refractivity contribution in [2.75, 3.05) is 18.6 Å². The number of aromatic nitrogens is 1. The fraction of sp³-hybridized carbons (Fsp3) is 0.476. The Morgan fingerprint density at radius 1 is 1.11 bits per heavy atom. The maximum atomic E-state index is 11.1. The van der Waals surface area contributed by atoms with E-state index >= 15 is 0 Å². The normalized spacial score (nSPS) is 12.0. The molecule has 0 aliphatic heterocycles. The number of hydrogen-bond donors (Lipinski definition) is 0. The van der Waals surface area contributed by atoms with Gasteiger partial charge in [0.15, 0.2) is 0 Å². The molecule has 0 fully saturated rings. The summed E-state index contributed by atoms with van der Waals surface area (Å²) in [5.41, 5.74) is 1.52. The van der Waals surface area contributed by atoms with Crippen LogP contribution in [0.4, 0.5) is 0 Å². The Bertz CT molecular complexity index is 888. The third kappa shape index (κ3) is 8.27. The Hall–Kier alpha value is -2.12. The van der Waals surface area contributed by atoms with E-state index in [0.29, 0.717) is 42.7 Å². The highest BCUT2D eigenvalue weighted by Gasteiger charge is 2.11. The van der Waals surface area contributed by atoms with Crippen LogP contribution >= 0.6 is 0 Å². The van der Waals surface area contributed by atoms with Crippen molar-refractivity contribution < 1.29 is 22.6 Å². The molecule has 0 radical (unpaired) electrons. The smallest absolute Gasteiger partial charge is 0.213 e.